The van der Waals surface area contributed by atoms with E-state index >= 15 is 0 Å². The zero-order valence-corrected chi connectivity index (χ0v) is 15.9. The van der Waals surface area contributed by atoms with Crippen molar-refractivity contribution in [2.45, 2.75) is 19.1 Å². The Labute approximate surface area is 163 Å². The first-order chi connectivity index (χ1) is 12.7. The second kappa shape index (κ2) is 8.77. The van der Waals surface area contributed by atoms with Crippen molar-refractivity contribution < 1.29 is 23.1 Å². The molecular formula is C19H17BrF2N2O3. The maximum Gasteiger partial charge on any atom is 0.387 e. The molecule has 2 rings (SSSR count). The van der Waals surface area contributed by atoms with Gasteiger partial charge in [0.1, 0.15) is 11.3 Å². The third kappa shape index (κ3) is 5.37. The van der Waals surface area contributed by atoms with Gasteiger partial charge in [-0.2, -0.15) is 8.78 Å². The number of carbonyl (C=O) groups is 2. The Hall–Kier alpha value is -2.74. The second-order valence-corrected chi connectivity index (χ2v) is 6.65. The molecule has 0 aliphatic rings. The fraction of sp³-hybridized carbons (Fsp3) is 0.158. The number of alkyl halides is 2. The zero-order valence-electron chi connectivity index (χ0n) is 14.3. The summed E-state index contributed by atoms with van der Waals surface area (Å²) in [5, 5.41) is 2.55. The molecule has 8 heteroatoms. The Morgan fingerprint density at radius 1 is 1.22 bits per heavy atom. The molecule has 0 saturated carbocycles. The third-order valence-electron chi connectivity index (χ3n) is 3.82. The molecule has 5 nitrogen and oxygen atoms in total. The van der Waals surface area contributed by atoms with Crippen molar-refractivity contribution in [3.8, 4) is 5.75 Å². The zero-order chi connectivity index (χ0) is 20.0. The predicted octanol–water partition coefficient (Wildman–Crippen LogP) is 3.58. The van der Waals surface area contributed by atoms with Crippen molar-refractivity contribution in [2.75, 3.05) is 0 Å². The van der Waals surface area contributed by atoms with Crippen molar-refractivity contribution >= 4 is 33.8 Å². The summed E-state index contributed by atoms with van der Waals surface area (Å²) in [6.07, 6.45) is 2.43. The summed E-state index contributed by atoms with van der Waals surface area (Å²) in [4.78, 5) is 24.2. The van der Waals surface area contributed by atoms with Crippen molar-refractivity contribution in [3.63, 3.8) is 0 Å². The van der Waals surface area contributed by atoms with Crippen LogP contribution in [0.2, 0.25) is 0 Å². The molecule has 2 aromatic rings. The first-order valence-electron chi connectivity index (χ1n) is 7.82. The van der Waals surface area contributed by atoms with Crippen molar-refractivity contribution in [1.82, 2.24) is 5.32 Å². The summed E-state index contributed by atoms with van der Waals surface area (Å²) in [5.41, 5.74) is 4.82. The number of benzene rings is 2. The van der Waals surface area contributed by atoms with Crippen molar-refractivity contribution in [2.24, 2.45) is 5.73 Å². The summed E-state index contributed by atoms with van der Waals surface area (Å²) in [6.45, 7) is -1.51. The van der Waals surface area contributed by atoms with E-state index in [1.54, 1.807) is 30.3 Å². The smallest absolute Gasteiger partial charge is 0.387 e. The number of hydrogen-bond donors (Lipinski definition) is 2. The molecule has 1 unspecified atom stereocenters. The standard InChI is InChI=1S/C19H17BrF2N2O3/c1-19(17(23)26,13-5-3-2-4-6-13)24-16(25)10-7-12-11-14(20)8-9-15(12)27-18(21)22/h2-11,18H,1H3,(H2,23,26)(H,24,25)/b10-7+. The minimum atomic E-state index is -3.00. The lowest BCUT2D eigenvalue weighted by Gasteiger charge is -2.27. The molecule has 0 aromatic heterocycles. The van der Waals surface area contributed by atoms with Crippen LogP contribution in [0.5, 0.6) is 5.75 Å². The summed E-state index contributed by atoms with van der Waals surface area (Å²) >= 11 is 3.23. The van der Waals surface area contributed by atoms with Gasteiger partial charge in [0.15, 0.2) is 0 Å². The van der Waals surface area contributed by atoms with Gasteiger partial charge < -0.3 is 15.8 Å². The van der Waals surface area contributed by atoms with Crippen LogP contribution in [0.15, 0.2) is 59.1 Å². The number of rotatable bonds is 7. The van der Waals surface area contributed by atoms with E-state index in [1.165, 1.54) is 31.2 Å². The van der Waals surface area contributed by atoms with Crippen molar-refractivity contribution in [3.05, 3.63) is 70.2 Å². The van der Waals surface area contributed by atoms with Crippen LogP contribution in [0, 0.1) is 0 Å². The molecule has 0 aliphatic carbocycles. The van der Waals surface area contributed by atoms with E-state index in [2.05, 4.69) is 26.0 Å². The monoisotopic (exact) mass is 438 g/mol. The number of amides is 2. The van der Waals surface area contributed by atoms with E-state index < -0.39 is 24.0 Å². The van der Waals surface area contributed by atoms with Crippen LogP contribution in [0.1, 0.15) is 18.1 Å². The van der Waals surface area contributed by atoms with Crippen LogP contribution >= 0.6 is 15.9 Å². The molecule has 3 N–H and O–H groups in total. The maximum absolute atomic E-state index is 12.5. The summed E-state index contributed by atoms with van der Waals surface area (Å²) in [7, 11) is 0. The van der Waals surface area contributed by atoms with E-state index in [-0.39, 0.29) is 11.3 Å². The van der Waals surface area contributed by atoms with Gasteiger partial charge in [-0.3, -0.25) is 9.59 Å². The molecule has 0 aliphatic heterocycles. The number of nitrogens with one attached hydrogen (secondary N) is 1. The molecule has 0 spiro atoms. The first-order valence-corrected chi connectivity index (χ1v) is 8.61. The van der Waals surface area contributed by atoms with E-state index in [1.807, 2.05) is 0 Å². The van der Waals surface area contributed by atoms with Crippen molar-refractivity contribution in [1.29, 1.82) is 0 Å². The van der Waals surface area contributed by atoms with E-state index in [4.69, 9.17) is 5.73 Å². The van der Waals surface area contributed by atoms with Crippen LogP contribution in [0.25, 0.3) is 6.08 Å². The molecule has 0 bridgehead atoms. The van der Waals surface area contributed by atoms with Gasteiger partial charge in [0, 0.05) is 16.1 Å². The fourth-order valence-electron chi connectivity index (χ4n) is 2.35. The lowest BCUT2D eigenvalue weighted by atomic mass is 9.91. The Bertz CT molecular complexity index is 859. The normalized spacial score (nSPS) is 13.4. The molecule has 142 valence electrons. The van der Waals surface area contributed by atoms with Crippen LogP contribution in [0.3, 0.4) is 0 Å². The SMILES string of the molecule is CC(NC(=O)/C=C/c1cc(Br)ccc1OC(F)F)(C(N)=O)c1ccccc1. The average molecular weight is 439 g/mol. The molecule has 0 fully saturated rings. The Morgan fingerprint density at radius 3 is 2.48 bits per heavy atom. The van der Waals surface area contributed by atoms with Gasteiger partial charge in [0.2, 0.25) is 11.8 Å². The molecule has 0 saturated heterocycles. The number of nitrogens with two attached hydrogens (primary N) is 1. The minimum absolute atomic E-state index is 0.0852. The third-order valence-corrected chi connectivity index (χ3v) is 4.31. The Morgan fingerprint density at radius 2 is 1.89 bits per heavy atom. The first kappa shape index (κ1) is 20.6. The van der Waals surface area contributed by atoms with Gasteiger partial charge >= 0.3 is 6.61 Å². The number of primary amides is 1. The largest absolute Gasteiger partial charge is 0.434 e. The number of ether oxygens (including phenoxy) is 1. The van der Waals surface area contributed by atoms with E-state index in [0.29, 0.717) is 10.0 Å². The van der Waals surface area contributed by atoms with Crippen LogP contribution in [0.4, 0.5) is 8.78 Å². The van der Waals surface area contributed by atoms with Gasteiger partial charge in [0.05, 0.1) is 0 Å². The maximum atomic E-state index is 12.5. The van der Waals surface area contributed by atoms with Gasteiger partial charge in [0.25, 0.3) is 0 Å². The lowest BCUT2D eigenvalue weighted by molar-refractivity contribution is -0.129. The number of halogens is 3. The average Bonchev–Trinajstić information content (AvgIpc) is 2.62. The lowest BCUT2D eigenvalue weighted by Crippen LogP contribution is -2.52. The fourth-order valence-corrected chi connectivity index (χ4v) is 2.73. The summed E-state index contributed by atoms with van der Waals surface area (Å²) in [6, 6.07) is 12.9. The highest BCUT2D eigenvalue weighted by Gasteiger charge is 2.34. The van der Waals surface area contributed by atoms with Gasteiger partial charge in [-0.1, -0.05) is 46.3 Å². The van der Waals surface area contributed by atoms with E-state index in [0.717, 1.165) is 6.08 Å². The topological polar surface area (TPSA) is 81.4 Å². The summed E-state index contributed by atoms with van der Waals surface area (Å²) in [5.74, 6) is -1.44. The highest BCUT2D eigenvalue weighted by atomic mass is 79.9. The molecule has 2 amide bonds. The molecule has 1 atom stereocenters. The second-order valence-electron chi connectivity index (χ2n) is 5.74. The predicted molar refractivity (Wildman–Crippen MR) is 101 cm³/mol. The van der Waals surface area contributed by atoms with Crippen LogP contribution in [-0.4, -0.2) is 18.4 Å². The Kier molecular flexibility index (Phi) is 6.68. The van der Waals surface area contributed by atoms with Gasteiger partial charge in [-0.25, -0.2) is 0 Å². The van der Waals surface area contributed by atoms with Crippen LogP contribution in [-0.2, 0) is 15.1 Å². The molecule has 0 heterocycles. The van der Waals surface area contributed by atoms with Gasteiger partial charge in [-0.15, -0.1) is 0 Å². The van der Waals surface area contributed by atoms with Crippen LogP contribution < -0.4 is 15.8 Å². The number of carbonyl (C=O) groups excluding carboxylic acids is 2. The van der Waals surface area contributed by atoms with Gasteiger partial charge in [-0.05, 0) is 36.8 Å². The molecule has 27 heavy (non-hydrogen) atoms. The number of hydrogen-bond acceptors (Lipinski definition) is 3. The Balaban J connectivity index is 2.24. The minimum Gasteiger partial charge on any atom is -0.434 e. The highest BCUT2D eigenvalue weighted by molar-refractivity contribution is 9.10. The quantitative estimate of drug-likeness (QED) is 0.648. The highest BCUT2D eigenvalue weighted by Crippen LogP contribution is 2.26. The molecule has 0 radical (unpaired) electrons. The molecule has 2 aromatic carbocycles. The summed E-state index contributed by atoms with van der Waals surface area (Å²) < 4.78 is 30.1. The van der Waals surface area contributed by atoms with E-state index in [9.17, 15) is 18.4 Å². The molecular weight excluding hydrogens is 422 g/mol.